The molecule has 3 aliphatic rings. The molecule has 2 heteroatoms. The van der Waals surface area contributed by atoms with Gasteiger partial charge in [-0.05, 0) is 114 Å². The van der Waals surface area contributed by atoms with Crippen LogP contribution in [0.3, 0.4) is 0 Å². The summed E-state index contributed by atoms with van der Waals surface area (Å²) < 4.78 is 2.64. The summed E-state index contributed by atoms with van der Waals surface area (Å²) in [6, 6.07) is 70.6. The van der Waals surface area contributed by atoms with Gasteiger partial charge in [0.25, 0.3) is 0 Å². The highest BCUT2D eigenvalue weighted by atomic mass is 32.1. The van der Waals surface area contributed by atoms with E-state index in [-0.39, 0.29) is 5.41 Å². The van der Waals surface area contributed by atoms with Crippen LogP contribution in [0.15, 0.2) is 188 Å². The number of nitrogens with zero attached hydrogens (tertiary/aromatic N) is 1. The third-order valence-electron chi connectivity index (χ3n) is 12.6. The van der Waals surface area contributed by atoms with Gasteiger partial charge in [0.1, 0.15) is 0 Å². The van der Waals surface area contributed by atoms with Crippen molar-refractivity contribution in [2.75, 3.05) is 4.90 Å². The Kier molecular flexibility index (Phi) is 5.77. The Labute approximate surface area is 323 Å². The van der Waals surface area contributed by atoms with Gasteiger partial charge in [-0.3, -0.25) is 0 Å². The van der Waals surface area contributed by atoms with Crippen molar-refractivity contribution < 1.29 is 0 Å². The lowest BCUT2D eigenvalue weighted by molar-refractivity contribution is 0.794. The van der Waals surface area contributed by atoms with Gasteiger partial charge in [-0.25, -0.2) is 0 Å². The summed E-state index contributed by atoms with van der Waals surface area (Å²) in [6.45, 7) is 0. The second kappa shape index (κ2) is 10.7. The Morgan fingerprint density at radius 2 is 0.909 bits per heavy atom. The Balaban J connectivity index is 1.11. The van der Waals surface area contributed by atoms with E-state index in [1.807, 2.05) is 11.3 Å². The fourth-order valence-electron chi connectivity index (χ4n) is 10.5. The highest BCUT2D eigenvalue weighted by molar-refractivity contribution is 7.26. The van der Waals surface area contributed by atoms with E-state index in [9.17, 15) is 0 Å². The van der Waals surface area contributed by atoms with E-state index in [0.29, 0.717) is 0 Å². The van der Waals surface area contributed by atoms with Gasteiger partial charge >= 0.3 is 0 Å². The topological polar surface area (TPSA) is 3.24 Å². The molecule has 0 amide bonds. The molecule has 0 fully saturated rings. The lowest BCUT2D eigenvalue weighted by Gasteiger charge is -2.31. The first-order valence-electron chi connectivity index (χ1n) is 19.1. The van der Waals surface area contributed by atoms with Crippen LogP contribution in [0.25, 0.3) is 75.5 Å². The van der Waals surface area contributed by atoms with Crippen molar-refractivity contribution in [1.29, 1.82) is 0 Å². The summed E-state index contributed by atoms with van der Waals surface area (Å²) in [6.07, 6.45) is 0. The number of fused-ring (bicyclic) bond motifs is 13. The Morgan fingerprint density at radius 1 is 0.345 bits per heavy atom. The fourth-order valence-corrected chi connectivity index (χ4v) is 11.8. The number of benzene rings is 9. The molecule has 10 aromatic rings. The standard InChI is InChI=1S/C53H31NS/c1-2-14-33(15-3-1)54(47-29-27-41-36-17-5-4-16-35(36)40-21-12-13-32-25-30-48-51(49(32)40)50(41)52(47)55-48)34-26-28-46-42(31-34)39-20-8-11-24-45(39)53(46)43-22-9-6-18-37(43)38-19-7-10-23-44(38)53/h1-31H. The highest BCUT2D eigenvalue weighted by Crippen LogP contribution is 2.63. The number of hydrogen-bond acceptors (Lipinski definition) is 2. The predicted octanol–water partition coefficient (Wildman–Crippen LogP) is 14.7. The first kappa shape index (κ1) is 29.7. The lowest BCUT2D eigenvalue weighted by atomic mass is 9.70. The van der Waals surface area contributed by atoms with Crippen LogP contribution in [0.2, 0.25) is 0 Å². The number of anilines is 3. The average molecular weight is 714 g/mol. The van der Waals surface area contributed by atoms with E-state index in [2.05, 4.69) is 193 Å². The maximum atomic E-state index is 2.50. The molecule has 0 radical (unpaired) electrons. The quantitative estimate of drug-likeness (QED) is 0.176. The Hall–Kier alpha value is -6.74. The second-order valence-corrected chi connectivity index (χ2v) is 16.2. The molecule has 9 aromatic carbocycles. The molecule has 0 saturated carbocycles. The molecule has 13 rings (SSSR count). The molecule has 0 bridgehead atoms. The minimum atomic E-state index is -0.364. The normalized spacial score (nSPS) is 13.6. The van der Waals surface area contributed by atoms with Gasteiger partial charge in [-0.2, -0.15) is 0 Å². The van der Waals surface area contributed by atoms with Gasteiger partial charge in [-0.15, -0.1) is 11.3 Å². The molecule has 1 heterocycles. The van der Waals surface area contributed by atoms with E-state index in [1.54, 1.807) is 0 Å². The molecule has 1 nitrogen and oxygen atoms in total. The zero-order chi connectivity index (χ0) is 35.8. The van der Waals surface area contributed by atoms with Crippen LogP contribution in [0.1, 0.15) is 22.3 Å². The summed E-state index contributed by atoms with van der Waals surface area (Å²) in [5.41, 5.74) is 19.1. The van der Waals surface area contributed by atoms with Crippen LogP contribution in [0.5, 0.6) is 0 Å². The summed E-state index contributed by atoms with van der Waals surface area (Å²) in [5.74, 6) is 0. The molecule has 1 spiro atoms. The van der Waals surface area contributed by atoms with Crippen LogP contribution in [-0.4, -0.2) is 0 Å². The summed E-state index contributed by atoms with van der Waals surface area (Å²) >= 11 is 1.92. The van der Waals surface area contributed by atoms with Crippen molar-refractivity contribution in [1.82, 2.24) is 0 Å². The minimum Gasteiger partial charge on any atom is -0.309 e. The van der Waals surface area contributed by atoms with Crippen LogP contribution < -0.4 is 4.90 Å². The molecule has 0 unspecified atom stereocenters. The van der Waals surface area contributed by atoms with Gasteiger partial charge < -0.3 is 4.90 Å². The number of hydrogen-bond donors (Lipinski definition) is 0. The van der Waals surface area contributed by atoms with Crippen LogP contribution in [0, 0.1) is 0 Å². The van der Waals surface area contributed by atoms with Crippen molar-refractivity contribution in [3.63, 3.8) is 0 Å². The van der Waals surface area contributed by atoms with Crippen LogP contribution >= 0.6 is 11.3 Å². The van der Waals surface area contributed by atoms with Crippen molar-refractivity contribution in [3.05, 3.63) is 210 Å². The molecule has 0 aliphatic heterocycles. The van der Waals surface area contributed by atoms with E-state index < -0.39 is 0 Å². The van der Waals surface area contributed by atoms with E-state index >= 15 is 0 Å². The maximum absolute atomic E-state index is 2.50. The molecule has 0 atom stereocenters. The molecule has 3 aliphatic carbocycles. The molecular formula is C53H31NS. The van der Waals surface area contributed by atoms with E-state index in [1.165, 1.54) is 103 Å². The molecule has 0 N–H and O–H groups in total. The third-order valence-corrected chi connectivity index (χ3v) is 13.8. The fraction of sp³-hybridized carbons (Fsp3) is 0.0189. The summed E-state index contributed by atoms with van der Waals surface area (Å²) in [4.78, 5) is 2.50. The lowest BCUT2D eigenvalue weighted by Crippen LogP contribution is -2.25. The average Bonchev–Trinajstić information content (AvgIpc) is 3.86. The largest absolute Gasteiger partial charge is 0.309 e. The monoisotopic (exact) mass is 713 g/mol. The molecule has 1 aromatic heterocycles. The van der Waals surface area contributed by atoms with Crippen molar-refractivity contribution in [2.24, 2.45) is 0 Å². The van der Waals surface area contributed by atoms with Crippen LogP contribution in [0.4, 0.5) is 17.1 Å². The molecule has 254 valence electrons. The summed E-state index contributed by atoms with van der Waals surface area (Å²) in [5, 5.41) is 5.37. The first-order valence-corrected chi connectivity index (χ1v) is 19.9. The van der Waals surface area contributed by atoms with Gasteiger partial charge in [0.2, 0.25) is 0 Å². The Morgan fingerprint density at radius 3 is 1.60 bits per heavy atom. The predicted molar refractivity (Wildman–Crippen MR) is 232 cm³/mol. The minimum absolute atomic E-state index is 0.364. The number of para-hydroxylation sites is 1. The highest BCUT2D eigenvalue weighted by Gasteiger charge is 2.51. The van der Waals surface area contributed by atoms with Gasteiger partial charge in [0.15, 0.2) is 0 Å². The second-order valence-electron chi connectivity index (χ2n) is 15.1. The number of thiophene rings is 1. The number of rotatable bonds is 3. The van der Waals surface area contributed by atoms with Gasteiger partial charge in [0.05, 0.1) is 15.8 Å². The summed E-state index contributed by atoms with van der Waals surface area (Å²) in [7, 11) is 0. The zero-order valence-corrected chi connectivity index (χ0v) is 30.6. The zero-order valence-electron chi connectivity index (χ0n) is 29.8. The van der Waals surface area contributed by atoms with Crippen molar-refractivity contribution >= 4 is 59.3 Å². The van der Waals surface area contributed by atoms with Gasteiger partial charge in [-0.1, -0.05) is 152 Å². The van der Waals surface area contributed by atoms with E-state index in [0.717, 1.165) is 11.4 Å². The first-order chi connectivity index (χ1) is 27.3. The molecular weight excluding hydrogens is 683 g/mol. The van der Waals surface area contributed by atoms with E-state index in [4.69, 9.17) is 0 Å². The SMILES string of the molecule is c1ccc(N(c2ccc3c(c2)-c2ccccc2C32c3ccccc3-c3ccccc32)c2ccc3c4c2sc2ccc5cccc(c5c24)-c2ccccc2-3)cc1. The van der Waals surface area contributed by atoms with Crippen molar-refractivity contribution in [2.45, 2.75) is 5.41 Å². The Bertz CT molecular complexity index is 3230. The van der Waals surface area contributed by atoms with Crippen LogP contribution in [-0.2, 0) is 5.41 Å². The molecule has 55 heavy (non-hydrogen) atoms. The maximum Gasteiger partial charge on any atom is 0.0725 e. The molecule has 0 saturated heterocycles. The smallest absolute Gasteiger partial charge is 0.0725 e. The third kappa shape index (κ3) is 3.68. The van der Waals surface area contributed by atoms with Gasteiger partial charge in [0, 0.05) is 26.8 Å². The van der Waals surface area contributed by atoms with Crippen molar-refractivity contribution in [3.8, 4) is 44.5 Å².